The lowest BCUT2D eigenvalue weighted by molar-refractivity contribution is 0.00379. The summed E-state index contributed by atoms with van der Waals surface area (Å²) in [5, 5.41) is 37.3. The van der Waals surface area contributed by atoms with Gasteiger partial charge in [-0.15, -0.1) is 0 Å². The Balaban J connectivity index is 2.90. The van der Waals surface area contributed by atoms with Crippen molar-refractivity contribution in [1.29, 1.82) is 0 Å². The zero-order valence-corrected chi connectivity index (χ0v) is 8.59. The van der Waals surface area contributed by atoms with Crippen LogP contribution in [0.15, 0.2) is 18.2 Å². The Bertz CT molecular complexity index is 324. The topological polar surface area (TPSA) is 80.9 Å². The molecule has 4 heteroatoms. The van der Waals surface area contributed by atoms with E-state index in [4.69, 9.17) is 5.11 Å². The molecule has 2 unspecified atom stereocenters. The van der Waals surface area contributed by atoms with Gasteiger partial charge in [0.05, 0.1) is 6.10 Å². The van der Waals surface area contributed by atoms with Crippen LogP contribution in [0.5, 0.6) is 5.75 Å². The third-order valence-corrected chi connectivity index (χ3v) is 2.46. The lowest BCUT2D eigenvalue weighted by Gasteiger charge is -2.19. The van der Waals surface area contributed by atoms with Crippen molar-refractivity contribution in [3.63, 3.8) is 0 Å². The van der Waals surface area contributed by atoms with E-state index in [1.807, 2.05) is 0 Å². The maximum atomic E-state index is 9.75. The summed E-state index contributed by atoms with van der Waals surface area (Å²) in [5.41, 5.74) is 1.03. The molecule has 2 atom stereocenters. The van der Waals surface area contributed by atoms with Crippen molar-refractivity contribution < 1.29 is 20.4 Å². The summed E-state index contributed by atoms with van der Waals surface area (Å²) in [6.07, 6.45) is -1.99. The molecule has 0 radical (unpaired) electrons. The van der Waals surface area contributed by atoms with Crippen molar-refractivity contribution in [1.82, 2.24) is 0 Å². The molecule has 1 aromatic rings. The SMILES string of the molecule is Cc1c(O)cccc1C(O)C(O)CCO. The molecule has 0 spiro atoms. The second-order valence-electron chi connectivity index (χ2n) is 3.52. The van der Waals surface area contributed by atoms with Crippen molar-refractivity contribution in [2.75, 3.05) is 6.61 Å². The number of phenols is 1. The number of rotatable bonds is 4. The molecule has 0 amide bonds. The highest BCUT2D eigenvalue weighted by Crippen LogP contribution is 2.27. The molecule has 4 nitrogen and oxygen atoms in total. The van der Waals surface area contributed by atoms with Gasteiger partial charge < -0.3 is 20.4 Å². The molecule has 0 fully saturated rings. The molecule has 15 heavy (non-hydrogen) atoms. The van der Waals surface area contributed by atoms with Gasteiger partial charge >= 0.3 is 0 Å². The van der Waals surface area contributed by atoms with Gasteiger partial charge in [0.25, 0.3) is 0 Å². The Morgan fingerprint density at radius 3 is 2.53 bits per heavy atom. The second-order valence-corrected chi connectivity index (χ2v) is 3.52. The first-order valence-corrected chi connectivity index (χ1v) is 4.83. The highest BCUT2D eigenvalue weighted by molar-refractivity contribution is 5.39. The molecule has 0 aliphatic rings. The van der Waals surface area contributed by atoms with Crippen LogP contribution in [0.2, 0.25) is 0 Å². The minimum atomic E-state index is -1.08. The van der Waals surface area contributed by atoms with E-state index in [1.54, 1.807) is 19.1 Å². The van der Waals surface area contributed by atoms with E-state index in [0.717, 1.165) is 0 Å². The lowest BCUT2D eigenvalue weighted by Crippen LogP contribution is -2.20. The van der Waals surface area contributed by atoms with Crippen LogP contribution in [-0.2, 0) is 0 Å². The van der Waals surface area contributed by atoms with E-state index >= 15 is 0 Å². The largest absolute Gasteiger partial charge is 0.508 e. The average Bonchev–Trinajstić information content (AvgIpc) is 2.21. The van der Waals surface area contributed by atoms with E-state index in [9.17, 15) is 15.3 Å². The van der Waals surface area contributed by atoms with Crippen LogP contribution < -0.4 is 0 Å². The first-order chi connectivity index (χ1) is 7.07. The molecule has 0 saturated carbocycles. The van der Waals surface area contributed by atoms with Crippen LogP contribution in [-0.4, -0.2) is 33.1 Å². The van der Waals surface area contributed by atoms with Crippen molar-refractivity contribution >= 4 is 0 Å². The summed E-state index contributed by atoms with van der Waals surface area (Å²) < 4.78 is 0. The molecule has 1 aromatic carbocycles. The molecule has 0 heterocycles. The summed E-state index contributed by atoms with van der Waals surface area (Å²) in [7, 11) is 0. The van der Waals surface area contributed by atoms with Crippen LogP contribution in [0.25, 0.3) is 0 Å². The minimum Gasteiger partial charge on any atom is -0.508 e. The first kappa shape index (κ1) is 12.0. The standard InChI is InChI=1S/C11H16O4/c1-7-8(3-2-4-9(7)13)11(15)10(14)5-6-12/h2-4,10-15H,5-6H2,1H3. The summed E-state index contributed by atoms with van der Waals surface area (Å²) in [5.74, 6) is 0.0859. The van der Waals surface area contributed by atoms with Crippen LogP contribution >= 0.6 is 0 Å². The molecule has 0 saturated heterocycles. The molecule has 0 aromatic heterocycles. The monoisotopic (exact) mass is 212 g/mol. The van der Waals surface area contributed by atoms with Gasteiger partial charge in [-0.25, -0.2) is 0 Å². The zero-order valence-electron chi connectivity index (χ0n) is 8.59. The smallest absolute Gasteiger partial charge is 0.118 e. The van der Waals surface area contributed by atoms with E-state index < -0.39 is 12.2 Å². The van der Waals surface area contributed by atoms with Crippen molar-refractivity contribution in [3.8, 4) is 5.75 Å². The molecule has 0 aliphatic heterocycles. The van der Waals surface area contributed by atoms with Crippen molar-refractivity contribution in [3.05, 3.63) is 29.3 Å². The van der Waals surface area contributed by atoms with Crippen molar-refractivity contribution in [2.45, 2.75) is 25.6 Å². The van der Waals surface area contributed by atoms with Gasteiger partial charge in [-0.05, 0) is 30.5 Å². The van der Waals surface area contributed by atoms with Crippen molar-refractivity contribution in [2.24, 2.45) is 0 Å². The highest BCUT2D eigenvalue weighted by atomic mass is 16.3. The van der Waals surface area contributed by atoms with Crippen LogP contribution in [0.4, 0.5) is 0 Å². The van der Waals surface area contributed by atoms with Gasteiger partial charge in [0.15, 0.2) is 0 Å². The average molecular weight is 212 g/mol. The number of aliphatic hydroxyl groups is 3. The number of aromatic hydroxyl groups is 1. The maximum absolute atomic E-state index is 9.75. The third kappa shape index (κ3) is 2.68. The fourth-order valence-electron chi connectivity index (χ4n) is 1.46. The number of hydrogen-bond acceptors (Lipinski definition) is 4. The normalized spacial score (nSPS) is 14.9. The highest BCUT2D eigenvalue weighted by Gasteiger charge is 2.20. The Labute approximate surface area is 88.4 Å². The molecular formula is C11H16O4. The van der Waals surface area contributed by atoms with Gasteiger partial charge in [-0.1, -0.05) is 12.1 Å². The lowest BCUT2D eigenvalue weighted by atomic mass is 9.97. The first-order valence-electron chi connectivity index (χ1n) is 4.83. The molecule has 1 rings (SSSR count). The predicted octanol–water partition coefficient (Wildman–Crippen LogP) is 0.477. The summed E-state index contributed by atoms with van der Waals surface area (Å²) in [4.78, 5) is 0. The second kappa shape index (κ2) is 5.11. The van der Waals surface area contributed by atoms with E-state index in [0.29, 0.717) is 11.1 Å². The molecule has 0 bridgehead atoms. The van der Waals surface area contributed by atoms with Gasteiger partial charge in [0.1, 0.15) is 11.9 Å². The van der Waals surface area contributed by atoms with Crippen LogP contribution in [0.1, 0.15) is 23.7 Å². The maximum Gasteiger partial charge on any atom is 0.118 e. The minimum absolute atomic E-state index is 0.0859. The molecule has 4 N–H and O–H groups in total. The number of benzene rings is 1. The summed E-state index contributed by atoms with van der Waals surface area (Å²) in [6, 6.07) is 4.76. The third-order valence-electron chi connectivity index (χ3n) is 2.46. The van der Waals surface area contributed by atoms with Crippen LogP contribution in [0.3, 0.4) is 0 Å². The Hall–Kier alpha value is -1.10. The zero-order chi connectivity index (χ0) is 11.4. The summed E-state index contributed by atoms with van der Waals surface area (Å²) in [6.45, 7) is 1.48. The number of phenolic OH excluding ortho intramolecular Hbond substituents is 1. The van der Waals surface area contributed by atoms with E-state index in [2.05, 4.69) is 0 Å². The van der Waals surface area contributed by atoms with Crippen LogP contribution in [0, 0.1) is 6.92 Å². The molecule has 0 aliphatic carbocycles. The molecular weight excluding hydrogens is 196 g/mol. The van der Waals surface area contributed by atoms with Gasteiger partial charge in [0, 0.05) is 6.61 Å². The quantitative estimate of drug-likeness (QED) is 0.585. The fraction of sp³-hybridized carbons (Fsp3) is 0.455. The molecule has 84 valence electrons. The Morgan fingerprint density at radius 1 is 1.27 bits per heavy atom. The Morgan fingerprint density at radius 2 is 1.93 bits per heavy atom. The van der Waals surface area contributed by atoms with Gasteiger partial charge in [0.2, 0.25) is 0 Å². The Kier molecular flexibility index (Phi) is 4.08. The predicted molar refractivity (Wildman–Crippen MR) is 55.5 cm³/mol. The summed E-state index contributed by atoms with van der Waals surface area (Å²) >= 11 is 0. The van der Waals surface area contributed by atoms with Gasteiger partial charge in [-0.2, -0.15) is 0 Å². The number of hydrogen-bond donors (Lipinski definition) is 4. The number of aliphatic hydroxyl groups excluding tert-OH is 3. The van der Waals surface area contributed by atoms with E-state index in [-0.39, 0.29) is 18.8 Å². The van der Waals surface area contributed by atoms with Gasteiger partial charge in [-0.3, -0.25) is 0 Å². The van der Waals surface area contributed by atoms with E-state index in [1.165, 1.54) is 6.07 Å². The fourth-order valence-corrected chi connectivity index (χ4v) is 1.46.